The SMILES string of the molecule is CC1Oc2ccccc2OC1C(=O)Nc1cccc(NC(=O)Nc2ccccc2)c1. The van der Waals surface area contributed by atoms with Crippen LogP contribution in [0.3, 0.4) is 0 Å². The summed E-state index contributed by atoms with van der Waals surface area (Å²) in [5, 5.41) is 8.31. The number of amides is 3. The predicted octanol–water partition coefficient (Wildman–Crippen LogP) is 4.50. The van der Waals surface area contributed by atoms with Gasteiger partial charge in [-0.1, -0.05) is 36.4 Å². The first-order valence-corrected chi connectivity index (χ1v) is 9.55. The zero-order valence-electron chi connectivity index (χ0n) is 16.3. The van der Waals surface area contributed by atoms with Crippen molar-refractivity contribution in [2.45, 2.75) is 19.1 Å². The number of hydrogen-bond acceptors (Lipinski definition) is 4. The molecular weight excluding hydrogens is 382 g/mol. The summed E-state index contributed by atoms with van der Waals surface area (Å²) in [5.41, 5.74) is 1.76. The number of nitrogens with one attached hydrogen (secondary N) is 3. The first-order valence-electron chi connectivity index (χ1n) is 9.55. The fourth-order valence-corrected chi connectivity index (χ4v) is 3.11. The van der Waals surface area contributed by atoms with Gasteiger partial charge >= 0.3 is 6.03 Å². The number of rotatable bonds is 4. The zero-order chi connectivity index (χ0) is 20.9. The Hall–Kier alpha value is -4.00. The summed E-state index contributed by atoms with van der Waals surface area (Å²) in [6.07, 6.45) is -1.24. The molecule has 0 saturated carbocycles. The molecule has 1 aliphatic rings. The van der Waals surface area contributed by atoms with Crippen molar-refractivity contribution in [3.8, 4) is 11.5 Å². The normalized spacial score (nSPS) is 17.0. The van der Waals surface area contributed by atoms with Gasteiger partial charge in [0.1, 0.15) is 6.10 Å². The fraction of sp³-hybridized carbons (Fsp3) is 0.130. The summed E-state index contributed by atoms with van der Waals surface area (Å²) in [5.74, 6) is 0.816. The Labute approximate surface area is 174 Å². The van der Waals surface area contributed by atoms with E-state index in [2.05, 4.69) is 16.0 Å². The van der Waals surface area contributed by atoms with Gasteiger partial charge < -0.3 is 25.4 Å². The van der Waals surface area contributed by atoms with E-state index in [1.165, 1.54) is 0 Å². The molecule has 0 bridgehead atoms. The second-order valence-corrected chi connectivity index (χ2v) is 6.82. The van der Waals surface area contributed by atoms with Gasteiger partial charge in [-0.25, -0.2) is 4.79 Å². The lowest BCUT2D eigenvalue weighted by Gasteiger charge is -2.31. The number of urea groups is 1. The van der Waals surface area contributed by atoms with Crippen LogP contribution in [0.25, 0.3) is 0 Å². The van der Waals surface area contributed by atoms with Crippen molar-refractivity contribution >= 4 is 29.0 Å². The standard InChI is InChI=1S/C23H21N3O4/c1-15-21(30-20-13-6-5-12-19(20)29-15)22(27)24-17-10-7-11-18(14-17)26-23(28)25-16-8-3-2-4-9-16/h2-15,21H,1H3,(H,24,27)(H2,25,26,28). The monoisotopic (exact) mass is 403 g/mol. The third kappa shape index (κ3) is 4.52. The van der Waals surface area contributed by atoms with E-state index in [4.69, 9.17) is 9.47 Å². The van der Waals surface area contributed by atoms with Gasteiger partial charge in [0.25, 0.3) is 5.91 Å². The molecule has 30 heavy (non-hydrogen) atoms. The van der Waals surface area contributed by atoms with E-state index in [0.717, 1.165) is 0 Å². The van der Waals surface area contributed by atoms with Crippen LogP contribution in [0.4, 0.5) is 21.9 Å². The van der Waals surface area contributed by atoms with Crippen molar-refractivity contribution in [2.24, 2.45) is 0 Å². The number of carbonyl (C=O) groups excluding carboxylic acids is 2. The van der Waals surface area contributed by atoms with Gasteiger partial charge in [-0.15, -0.1) is 0 Å². The smallest absolute Gasteiger partial charge is 0.323 e. The molecule has 0 saturated heterocycles. The van der Waals surface area contributed by atoms with Crippen LogP contribution in [0.1, 0.15) is 6.92 Å². The van der Waals surface area contributed by atoms with Crippen molar-refractivity contribution in [1.82, 2.24) is 0 Å². The minimum atomic E-state index is -0.794. The van der Waals surface area contributed by atoms with Crippen LogP contribution in [0, 0.1) is 0 Å². The first kappa shape index (κ1) is 19.3. The van der Waals surface area contributed by atoms with E-state index in [9.17, 15) is 9.59 Å². The molecule has 0 spiro atoms. The average molecular weight is 403 g/mol. The molecule has 3 N–H and O–H groups in total. The summed E-state index contributed by atoms with van der Waals surface area (Å²) in [6, 6.07) is 22.9. The number of para-hydroxylation sites is 3. The molecule has 2 unspecified atom stereocenters. The zero-order valence-corrected chi connectivity index (χ0v) is 16.3. The van der Waals surface area contributed by atoms with E-state index < -0.39 is 12.2 Å². The molecule has 0 aromatic heterocycles. The molecule has 0 radical (unpaired) electrons. The molecule has 4 rings (SSSR count). The van der Waals surface area contributed by atoms with E-state index >= 15 is 0 Å². The van der Waals surface area contributed by atoms with Gasteiger partial charge in [0.05, 0.1) is 0 Å². The van der Waals surface area contributed by atoms with E-state index in [-0.39, 0.29) is 11.9 Å². The molecule has 1 aliphatic heterocycles. The molecule has 0 aliphatic carbocycles. The van der Waals surface area contributed by atoms with E-state index in [0.29, 0.717) is 28.6 Å². The Kier molecular flexibility index (Phi) is 5.52. The minimum absolute atomic E-state index is 0.331. The molecular formula is C23H21N3O4. The van der Waals surface area contributed by atoms with Crippen LogP contribution in [-0.4, -0.2) is 24.1 Å². The van der Waals surface area contributed by atoms with Crippen LogP contribution in [-0.2, 0) is 4.79 Å². The maximum atomic E-state index is 12.7. The van der Waals surface area contributed by atoms with Crippen molar-refractivity contribution in [3.05, 3.63) is 78.9 Å². The summed E-state index contributed by atoms with van der Waals surface area (Å²) in [4.78, 5) is 24.9. The van der Waals surface area contributed by atoms with Gasteiger partial charge in [0, 0.05) is 17.1 Å². The topological polar surface area (TPSA) is 88.7 Å². The molecule has 0 fully saturated rings. The molecule has 3 aromatic carbocycles. The van der Waals surface area contributed by atoms with Crippen molar-refractivity contribution < 1.29 is 19.1 Å². The largest absolute Gasteiger partial charge is 0.482 e. The lowest BCUT2D eigenvalue weighted by Crippen LogP contribution is -2.46. The highest BCUT2D eigenvalue weighted by Gasteiger charge is 2.34. The maximum Gasteiger partial charge on any atom is 0.323 e. The van der Waals surface area contributed by atoms with E-state index in [1.54, 1.807) is 55.5 Å². The molecule has 7 nitrogen and oxygen atoms in total. The number of anilines is 3. The van der Waals surface area contributed by atoms with Crippen LogP contribution in [0.5, 0.6) is 11.5 Å². The number of hydrogen-bond donors (Lipinski definition) is 3. The lowest BCUT2D eigenvalue weighted by molar-refractivity contribution is -0.128. The highest BCUT2D eigenvalue weighted by molar-refractivity contribution is 6.00. The Bertz CT molecular complexity index is 1060. The highest BCUT2D eigenvalue weighted by atomic mass is 16.6. The molecule has 3 aromatic rings. The van der Waals surface area contributed by atoms with Crippen LogP contribution in [0.2, 0.25) is 0 Å². The summed E-state index contributed by atoms with van der Waals surface area (Å²) >= 11 is 0. The van der Waals surface area contributed by atoms with Crippen LogP contribution >= 0.6 is 0 Å². The summed E-state index contributed by atoms with van der Waals surface area (Å²) < 4.78 is 11.6. The van der Waals surface area contributed by atoms with Gasteiger partial charge in [-0.2, -0.15) is 0 Å². The van der Waals surface area contributed by atoms with Gasteiger partial charge in [-0.05, 0) is 49.4 Å². The van der Waals surface area contributed by atoms with E-state index in [1.807, 2.05) is 30.3 Å². The summed E-state index contributed by atoms with van der Waals surface area (Å²) in [6.45, 7) is 1.78. The highest BCUT2D eigenvalue weighted by Crippen LogP contribution is 2.33. The van der Waals surface area contributed by atoms with Crippen molar-refractivity contribution in [1.29, 1.82) is 0 Å². The Morgan fingerprint density at radius 2 is 1.27 bits per heavy atom. The number of fused-ring (bicyclic) bond motifs is 1. The maximum absolute atomic E-state index is 12.7. The first-order chi connectivity index (χ1) is 14.6. The van der Waals surface area contributed by atoms with Gasteiger partial charge in [0.2, 0.25) is 6.10 Å². The summed E-state index contributed by atoms with van der Waals surface area (Å²) in [7, 11) is 0. The third-order valence-electron chi connectivity index (χ3n) is 4.52. The predicted molar refractivity (Wildman–Crippen MR) is 115 cm³/mol. The molecule has 1 heterocycles. The fourth-order valence-electron chi connectivity index (χ4n) is 3.11. The third-order valence-corrected chi connectivity index (χ3v) is 4.52. The van der Waals surface area contributed by atoms with Gasteiger partial charge in [-0.3, -0.25) is 4.79 Å². The number of ether oxygens (including phenoxy) is 2. The molecule has 152 valence electrons. The average Bonchev–Trinajstić information content (AvgIpc) is 2.74. The molecule has 3 amide bonds. The minimum Gasteiger partial charge on any atom is -0.482 e. The Balaban J connectivity index is 1.39. The van der Waals surface area contributed by atoms with Crippen molar-refractivity contribution in [3.63, 3.8) is 0 Å². The second-order valence-electron chi connectivity index (χ2n) is 6.82. The van der Waals surface area contributed by atoms with Gasteiger partial charge in [0.15, 0.2) is 11.5 Å². The molecule has 7 heteroatoms. The number of benzene rings is 3. The van der Waals surface area contributed by atoms with Crippen LogP contribution < -0.4 is 25.4 Å². The molecule has 2 atom stereocenters. The Morgan fingerprint density at radius 3 is 2.00 bits per heavy atom. The number of carbonyl (C=O) groups is 2. The lowest BCUT2D eigenvalue weighted by atomic mass is 10.1. The van der Waals surface area contributed by atoms with Crippen LogP contribution in [0.15, 0.2) is 78.9 Å². The van der Waals surface area contributed by atoms with Crippen molar-refractivity contribution in [2.75, 3.05) is 16.0 Å². The Morgan fingerprint density at radius 1 is 0.700 bits per heavy atom. The second kappa shape index (κ2) is 8.57. The quantitative estimate of drug-likeness (QED) is 0.599.